The minimum absolute atomic E-state index is 0.366. The summed E-state index contributed by atoms with van der Waals surface area (Å²) in [7, 11) is 0. The molecule has 0 aromatic rings. The number of rotatable bonds is 0. The number of ether oxygens (including phenoxy) is 1. The van der Waals surface area contributed by atoms with E-state index >= 15 is 0 Å². The number of hydrogen-bond acceptors (Lipinski definition) is 4. The predicted molar refractivity (Wildman–Crippen MR) is 65.3 cm³/mol. The normalized spacial score (nSPS) is 24.2. The van der Waals surface area contributed by atoms with Gasteiger partial charge in [0.2, 0.25) is 0 Å². The standard InChI is InChI=1S/C13H18N2O3/c1-9-11(7-14)10(8-16)5-6-15(9)12(17)18-13(2,3)4/h9,11H,5-6H2,1-4H3/t9-,11?/m0/s1. The molecule has 0 aliphatic carbocycles. The molecule has 0 spiro atoms. The maximum Gasteiger partial charge on any atom is 0.410 e. The third-order valence-corrected chi connectivity index (χ3v) is 2.87. The van der Waals surface area contributed by atoms with Gasteiger partial charge in [-0.1, -0.05) is 0 Å². The van der Waals surface area contributed by atoms with Crippen LogP contribution >= 0.6 is 0 Å². The number of carbonyl (C=O) groups is 1. The lowest BCUT2D eigenvalue weighted by Gasteiger charge is -2.37. The molecule has 1 fully saturated rings. The van der Waals surface area contributed by atoms with Crippen LogP contribution in [0.25, 0.3) is 0 Å². The van der Waals surface area contributed by atoms with E-state index in [2.05, 4.69) is 6.07 Å². The van der Waals surface area contributed by atoms with Crippen LogP contribution in [0.5, 0.6) is 0 Å². The van der Waals surface area contributed by atoms with Gasteiger partial charge in [-0.25, -0.2) is 9.59 Å². The number of carbonyl (C=O) groups excluding carboxylic acids is 2. The summed E-state index contributed by atoms with van der Waals surface area (Å²) < 4.78 is 5.28. The molecule has 5 heteroatoms. The summed E-state index contributed by atoms with van der Waals surface area (Å²) in [6.45, 7) is 7.50. The van der Waals surface area contributed by atoms with Crippen LogP contribution in [0, 0.1) is 17.2 Å². The van der Waals surface area contributed by atoms with Crippen molar-refractivity contribution in [2.24, 2.45) is 5.92 Å². The number of amides is 1. The lowest BCUT2D eigenvalue weighted by atomic mass is 9.87. The Kier molecular flexibility index (Phi) is 4.15. The average molecular weight is 250 g/mol. The van der Waals surface area contributed by atoms with Gasteiger partial charge >= 0.3 is 6.09 Å². The van der Waals surface area contributed by atoms with Gasteiger partial charge in [0.25, 0.3) is 0 Å². The van der Waals surface area contributed by atoms with Crippen molar-refractivity contribution in [1.82, 2.24) is 4.90 Å². The monoisotopic (exact) mass is 250 g/mol. The van der Waals surface area contributed by atoms with Gasteiger partial charge in [0.15, 0.2) is 0 Å². The maximum atomic E-state index is 12.0. The third kappa shape index (κ3) is 3.12. The highest BCUT2D eigenvalue weighted by Crippen LogP contribution is 2.27. The first-order chi connectivity index (χ1) is 8.30. The SMILES string of the molecule is C[C@H]1C(C#N)C(=C=O)CCN1C(=O)OC(C)(C)C. The summed E-state index contributed by atoms with van der Waals surface area (Å²) in [4.78, 5) is 24.2. The van der Waals surface area contributed by atoms with Gasteiger partial charge in [-0.15, -0.1) is 0 Å². The highest BCUT2D eigenvalue weighted by Gasteiger charge is 2.36. The molecule has 1 heterocycles. The van der Waals surface area contributed by atoms with E-state index in [1.807, 2.05) is 5.94 Å². The van der Waals surface area contributed by atoms with E-state index < -0.39 is 17.6 Å². The van der Waals surface area contributed by atoms with Crippen molar-refractivity contribution < 1.29 is 14.3 Å². The topological polar surface area (TPSA) is 70.4 Å². The zero-order chi connectivity index (χ0) is 13.9. The van der Waals surface area contributed by atoms with Crippen molar-refractivity contribution in [1.29, 1.82) is 5.26 Å². The summed E-state index contributed by atoms with van der Waals surface area (Å²) in [5.74, 6) is 1.21. The molecule has 1 saturated heterocycles. The smallest absolute Gasteiger partial charge is 0.410 e. The average Bonchev–Trinajstić information content (AvgIpc) is 2.25. The molecule has 18 heavy (non-hydrogen) atoms. The Morgan fingerprint density at radius 3 is 2.56 bits per heavy atom. The molecule has 98 valence electrons. The van der Waals surface area contributed by atoms with Crippen molar-refractivity contribution in [3.63, 3.8) is 0 Å². The Morgan fingerprint density at radius 1 is 1.50 bits per heavy atom. The van der Waals surface area contributed by atoms with Gasteiger partial charge in [-0.2, -0.15) is 5.26 Å². The highest BCUT2D eigenvalue weighted by atomic mass is 16.6. The van der Waals surface area contributed by atoms with Gasteiger partial charge in [0, 0.05) is 12.1 Å². The van der Waals surface area contributed by atoms with E-state index in [-0.39, 0.29) is 6.04 Å². The van der Waals surface area contributed by atoms with Gasteiger partial charge in [0.1, 0.15) is 11.5 Å². The zero-order valence-corrected chi connectivity index (χ0v) is 11.2. The molecule has 1 unspecified atom stereocenters. The molecular formula is C13H18N2O3. The number of hydrogen-bond donors (Lipinski definition) is 0. The fraction of sp³-hybridized carbons (Fsp3) is 0.692. The summed E-state index contributed by atoms with van der Waals surface area (Å²) in [6, 6.07) is 1.69. The number of nitriles is 1. The number of piperidine rings is 1. The Hall–Kier alpha value is -1.79. The predicted octanol–water partition coefficient (Wildman–Crippen LogP) is 1.91. The molecule has 1 aliphatic heterocycles. The van der Waals surface area contributed by atoms with E-state index in [4.69, 9.17) is 10.00 Å². The van der Waals surface area contributed by atoms with Crippen LogP contribution in [0.3, 0.4) is 0 Å². The molecule has 2 atom stereocenters. The van der Waals surface area contributed by atoms with E-state index in [1.54, 1.807) is 27.7 Å². The summed E-state index contributed by atoms with van der Waals surface area (Å²) >= 11 is 0. The molecule has 0 saturated carbocycles. The summed E-state index contributed by atoms with van der Waals surface area (Å²) in [5.41, 5.74) is -0.135. The Bertz CT molecular complexity index is 424. The van der Waals surface area contributed by atoms with Crippen LogP contribution in [0.4, 0.5) is 4.79 Å². The molecule has 1 amide bonds. The second-order valence-corrected chi connectivity index (χ2v) is 5.40. The maximum absolute atomic E-state index is 12.0. The summed E-state index contributed by atoms with van der Waals surface area (Å²) in [5, 5.41) is 9.07. The van der Waals surface area contributed by atoms with Crippen LogP contribution in [-0.2, 0) is 9.53 Å². The van der Waals surface area contributed by atoms with Crippen LogP contribution in [0.2, 0.25) is 0 Å². The largest absolute Gasteiger partial charge is 0.444 e. The first-order valence-electron chi connectivity index (χ1n) is 5.93. The van der Waals surface area contributed by atoms with Crippen molar-refractivity contribution in [2.75, 3.05) is 6.54 Å². The van der Waals surface area contributed by atoms with Crippen LogP contribution in [0.15, 0.2) is 5.57 Å². The molecular weight excluding hydrogens is 232 g/mol. The zero-order valence-electron chi connectivity index (χ0n) is 11.2. The Balaban J connectivity index is 2.85. The quantitative estimate of drug-likeness (QED) is 0.616. The van der Waals surface area contributed by atoms with E-state index in [9.17, 15) is 9.59 Å². The number of nitrogens with zero attached hydrogens (tertiary/aromatic N) is 2. The summed E-state index contributed by atoms with van der Waals surface area (Å²) in [6.07, 6.45) is -0.0640. The Morgan fingerprint density at radius 2 is 2.11 bits per heavy atom. The fourth-order valence-electron chi connectivity index (χ4n) is 1.95. The second-order valence-electron chi connectivity index (χ2n) is 5.40. The molecule has 0 N–H and O–H groups in total. The molecule has 0 aromatic heterocycles. The number of likely N-dealkylation sites (tertiary alicyclic amines) is 1. The first-order valence-corrected chi connectivity index (χ1v) is 5.93. The third-order valence-electron chi connectivity index (χ3n) is 2.87. The lowest BCUT2D eigenvalue weighted by Crippen LogP contribution is -2.49. The van der Waals surface area contributed by atoms with Crippen molar-refractivity contribution >= 4 is 12.0 Å². The van der Waals surface area contributed by atoms with E-state index in [0.29, 0.717) is 18.5 Å². The minimum atomic E-state index is -0.594. The fourth-order valence-corrected chi connectivity index (χ4v) is 1.95. The minimum Gasteiger partial charge on any atom is -0.444 e. The lowest BCUT2D eigenvalue weighted by molar-refractivity contribution is 0.0121. The molecule has 0 bridgehead atoms. The molecule has 5 nitrogen and oxygen atoms in total. The molecule has 0 radical (unpaired) electrons. The van der Waals surface area contributed by atoms with Gasteiger partial charge < -0.3 is 9.64 Å². The molecule has 1 rings (SSSR count). The van der Waals surface area contributed by atoms with E-state index in [0.717, 1.165) is 0 Å². The van der Waals surface area contributed by atoms with E-state index in [1.165, 1.54) is 4.90 Å². The molecule has 1 aliphatic rings. The highest BCUT2D eigenvalue weighted by molar-refractivity contribution is 5.70. The van der Waals surface area contributed by atoms with Gasteiger partial charge in [0.05, 0.1) is 18.0 Å². The molecule has 0 aromatic carbocycles. The van der Waals surface area contributed by atoms with Crippen LogP contribution in [0.1, 0.15) is 34.1 Å². The second kappa shape index (κ2) is 5.24. The van der Waals surface area contributed by atoms with Gasteiger partial charge in [-0.3, -0.25) is 0 Å². The van der Waals surface area contributed by atoms with Crippen LogP contribution in [-0.4, -0.2) is 35.1 Å². The van der Waals surface area contributed by atoms with Crippen molar-refractivity contribution in [3.05, 3.63) is 5.57 Å². The Labute approximate surface area is 107 Å². The van der Waals surface area contributed by atoms with Crippen molar-refractivity contribution in [2.45, 2.75) is 45.8 Å². The van der Waals surface area contributed by atoms with Crippen molar-refractivity contribution in [3.8, 4) is 6.07 Å². The first kappa shape index (κ1) is 14.3. The van der Waals surface area contributed by atoms with Crippen LogP contribution < -0.4 is 0 Å². The van der Waals surface area contributed by atoms with Gasteiger partial charge in [-0.05, 0) is 34.1 Å².